The molecule has 2 atom stereocenters. The topological polar surface area (TPSA) is 51.6 Å². The van der Waals surface area contributed by atoms with Gasteiger partial charge in [-0.15, -0.1) is 0 Å². The standard InChI is InChI=1S/C20H18FN3/c21-19-4-2-1-3-14(19)10-23-11-15-8-16(15)18-12-24-20-6-5-13(9-22)7-17(18)20/h1-7,12,15-16,23-24H,8,10-11H2/t15-,16+/m0/s1. The van der Waals surface area contributed by atoms with E-state index in [1.165, 1.54) is 11.6 Å². The number of hydrogen-bond donors (Lipinski definition) is 2. The van der Waals surface area contributed by atoms with Crippen molar-refractivity contribution < 1.29 is 4.39 Å². The van der Waals surface area contributed by atoms with Crippen molar-refractivity contribution in [2.24, 2.45) is 5.92 Å². The van der Waals surface area contributed by atoms with E-state index in [0.717, 1.165) is 23.9 Å². The summed E-state index contributed by atoms with van der Waals surface area (Å²) in [4.78, 5) is 3.29. The van der Waals surface area contributed by atoms with Crippen LogP contribution in [0.2, 0.25) is 0 Å². The number of rotatable bonds is 5. The van der Waals surface area contributed by atoms with E-state index < -0.39 is 0 Å². The van der Waals surface area contributed by atoms with E-state index in [0.29, 0.717) is 29.5 Å². The summed E-state index contributed by atoms with van der Waals surface area (Å²) < 4.78 is 13.6. The number of nitriles is 1. The maximum Gasteiger partial charge on any atom is 0.127 e. The molecule has 0 bridgehead atoms. The molecule has 1 aliphatic rings. The van der Waals surface area contributed by atoms with Crippen LogP contribution in [0.1, 0.15) is 29.0 Å². The SMILES string of the molecule is N#Cc1ccc2[nH]cc([C@@H]3C[C@H]3CNCc3ccccc3F)c2c1. The minimum absolute atomic E-state index is 0.155. The van der Waals surface area contributed by atoms with Crippen LogP contribution in [-0.2, 0) is 6.54 Å². The van der Waals surface area contributed by atoms with Crippen LogP contribution >= 0.6 is 0 Å². The zero-order valence-corrected chi connectivity index (χ0v) is 13.2. The van der Waals surface area contributed by atoms with Gasteiger partial charge in [0.25, 0.3) is 0 Å². The molecule has 120 valence electrons. The van der Waals surface area contributed by atoms with Crippen molar-refractivity contribution in [3.8, 4) is 6.07 Å². The Bertz CT molecular complexity index is 922. The number of nitrogens with zero attached hydrogens (tertiary/aromatic N) is 1. The van der Waals surface area contributed by atoms with Crippen LogP contribution in [0.3, 0.4) is 0 Å². The summed E-state index contributed by atoms with van der Waals surface area (Å²) in [5.74, 6) is 0.931. The third-order valence-electron chi connectivity index (χ3n) is 4.84. The summed E-state index contributed by atoms with van der Waals surface area (Å²) in [5, 5.41) is 13.6. The highest BCUT2D eigenvalue weighted by atomic mass is 19.1. The van der Waals surface area contributed by atoms with E-state index in [9.17, 15) is 4.39 Å². The first kappa shape index (κ1) is 14.9. The predicted molar refractivity (Wildman–Crippen MR) is 92.0 cm³/mol. The van der Waals surface area contributed by atoms with Gasteiger partial charge in [-0.25, -0.2) is 4.39 Å². The third kappa shape index (κ3) is 2.79. The molecule has 1 aliphatic carbocycles. The number of aromatic nitrogens is 1. The molecule has 2 aromatic carbocycles. The van der Waals surface area contributed by atoms with Gasteiger partial charge in [-0.05, 0) is 54.6 Å². The second kappa shape index (κ2) is 6.10. The highest BCUT2D eigenvalue weighted by Crippen LogP contribution is 2.49. The highest BCUT2D eigenvalue weighted by Gasteiger charge is 2.39. The summed E-state index contributed by atoms with van der Waals surface area (Å²) in [6, 6.07) is 14.8. The number of nitrogens with one attached hydrogen (secondary N) is 2. The summed E-state index contributed by atoms with van der Waals surface area (Å²) >= 11 is 0. The van der Waals surface area contributed by atoms with E-state index in [-0.39, 0.29) is 5.82 Å². The van der Waals surface area contributed by atoms with Crippen molar-refractivity contribution in [2.45, 2.75) is 18.9 Å². The molecule has 0 radical (unpaired) electrons. The Balaban J connectivity index is 1.40. The van der Waals surface area contributed by atoms with Gasteiger partial charge in [0.2, 0.25) is 0 Å². The van der Waals surface area contributed by atoms with E-state index in [4.69, 9.17) is 5.26 Å². The molecule has 3 aromatic rings. The van der Waals surface area contributed by atoms with Crippen LogP contribution in [0.25, 0.3) is 10.9 Å². The Hall–Kier alpha value is -2.64. The Morgan fingerprint density at radius 3 is 2.96 bits per heavy atom. The molecule has 4 heteroatoms. The van der Waals surface area contributed by atoms with Crippen LogP contribution < -0.4 is 5.32 Å². The maximum absolute atomic E-state index is 13.6. The quantitative estimate of drug-likeness (QED) is 0.745. The fourth-order valence-corrected chi connectivity index (χ4v) is 3.41. The molecule has 0 aliphatic heterocycles. The van der Waals surface area contributed by atoms with E-state index in [1.807, 2.05) is 30.3 Å². The normalized spacial score (nSPS) is 19.3. The van der Waals surface area contributed by atoms with E-state index >= 15 is 0 Å². The van der Waals surface area contributed by atoms with Crippen LogP contribution in [-0.4, -0.2) is 11.5 Å². The lowest BCUT2D eigenvalue weighted by atomic mass is 10.1. The van der Waals surface area contributed by atoms with Gasteiger partial charge in [-0.2, -0.15) is 5.26 Å². The van der Waals surface area contributed by atoms with Crippen molar-refractivity contribution in [2.75, 3.05) is 6.54 Å². The fraction of sp³-hybridized carbons (Fsp3) is 0.250. The first-order valence-electron chi connectivity index (χ1n) is 8.21. The molecule has 4 rings (SSSR count). The summed E-state index contributed by atoms with van der Waals surface area (Å²) in [5.41, 5.74) is 3.77. The molecular weight excluding hydrogens is 301 g/mol. The molecule has 2 N–H and O–H groups in total. The van der Waals surface area contributed by atoms with Gasteiger partial charge in [-0.3, -0.25) is 0 Å². The van der Waals surface area contributed by atoms with Crippen LogP contribution in [0, 0.1) is 23.1 Å². The molecule has 1 aromatic heterocycles. The molecule has 0 spiro atoms. The van der Waals surface area contributed by atoms with Crippen LogP contribution in [0.5, 0.6) is 0 Å². The van der Waals surface area contributed by atoms with Crippen molar-refractivity contribution in [3.63, 3.8) is 0 Å². The molecule has 1 saturated carbocycles. The summed E-state index contributed by atoms with van der Waals surface area (Å²) in [6.45, 7) is 1.44. The number of benzene rings is 2. The van der Waals surface area contributed by atoms with Gasteiger partial charge < -0.3 is 10.3 Å². The number of aromatic amines is 1. The lowest BCUT2D eigenvalue weighted by molar-refractivity contribution is 0.574. The Labute approximate surface area is 140 Å². The molecule has 24 heavy (non-hydrogen) atoms. The van der Waals surface area contributed by atoms with Crippen molar-refractivity contribution in [1.29, 1.82) is 5.26 Å². The number of halogens is 1. The van der Waals surface area contributed by atoms with Crippen LogP contribution in [0.4, 0.5) is 4.39 Å². The van der Waals surface area contributed by atoms with Gasteiger partial charge in [0, 0.05) is 29.2 Å². The minimum atomic E-state index is -0.155. The molecular formula is C20H18FN3. The van der Waals surface area contributed by atoms with Crippen molar-refractivity contribution >= 4 is 10.9 Å². The molecule has 0 amide bonds. The zero-order valence-electron chi connectivity index (χ0n) is 13.2. The molecule has 1 fully saturated rings. The van der Waals surface area contributed by atoms with Gasteiger partial charge in [0.05, 0.1) is 11.6 Å². The van der Waals surface area contributed by atoms with Crippen molar-refractivity contribution in [3.05, 3.63) is 71.2 Å². The number of hydrogen-bond acceptors (Lipinski definition) is 2. The molecule has 0 saturated heterocycles. The van der Waals surface area contributed by atoms with E-state index in [2.05, 4.69) is 22.6 Å². The van der Waals surface area contributed by atoms with E-state index in [1.54, 1.807) is 6.07 Å². The van der Waals surface area contributed by atoms with Crippen molar-refractivity contribution in [1.82, 2.24) is 10.3 Å². The maximum atomic E-state index is 13.6. The zero-order chi connectivity index (χ0) is 16.5. The van der Waals surface area contributed by atoms with Gasteiger partial charge in [0.15, 0.2) is 0 Å². The van der Waals surface area contributed by atoms with Gasteiger partial charge >= 0.3 is 0 Å². The predicted octanol–water partition coefficient (Wildman–Crippen LogP) is 4.07. The third-order valence-corrected chi connectivity index (χ3v) is 4.84. The average Bonchev–Trinajstić information content (AvgIpc) is 3.25. The van der Waals surface area contributed by atoms with Gasteiger partial charge in [0.1, 0.15) is 5.82 Å². The lowest BCUT2D eigenvalue weighted by Crippen LogP contribution is -2.17. The largest absolute Gasteiger partial charge is 0.361 e. The number of fused-ring (bicyclic) bond motifs is 1. The lowest BCUT2D eigenvalue weighted by Gasteiger charge is -2.05. The second-order valence-corrected chi connectivity index (χ2v) is 6.44. The summed E-state index contributed by atoms with van der Waals surface area (Å²) in [7, 11) is 0. The monoisotopic (exact) mass is 319 g/mol. The average molecular weight is 319 g/mol. The molecule has 0 unspecified atom stereocenters. The second-order valence-electron chi connectivity index (χ2n) is 6.44. The fourth-order valence-electron chi connectivity index (χ4n) is 3.41. The van der Waals surface area contributed by atoms with Crippen LogP contribution in [0.15, 0.2) is 48.7 Å². The molecule has 3 nitrogen and oxygen atoms in total. The smallest absolute Gasteiger partial charge is 0.127 e. The Morgan fingerprint density at radius 2 is 2.12 bits per heavy atom. The first-order valence-corrected chi connectivity index (χ1v) is 8.21. The Morgan fingerprint density at radius 1 is 1.25 bits per heavy atom. The van der Waals surface area contributed by atoms with Gasteiger partial charge in [-0.1, -0.05) is 18.2 Å². The minimum Gasteiger partial charge on any atom is -0.361 e. The Kier molecular flexibility index (Phi) is 3.79. The first-order chi connectivity index (χ1) is 11.8. The number of H-pyrrole nitrogens is 1. The molecule has 1 heterocycles. The highest BCUT2D eigenvalue weighted by molar-refractivity contribution is 5.85. The summed E-state index contributed by atoms with van der Waals surface area (Å²) in [6.07, 6.45) is 3.20.